The van der Waals surface area contributed by atoms with Crippen LogP contribution in [0, 0.1) is 0 Å². The fourth-order valence-corrected chi connectivity index (χ4v) is 3.04. The predicted molar refractivity (Wildman–Crippen MR) is 107 cm³/mol. The lowest BCUT2D eigenvalue weighted by Crippen LogP contribution is -2.28. The smallest absolute Gasteiger partial charge is 0.257 e. The van der Waals surface area contributed by atoms with Gasteiger partial charge in [-0.1, -0.05) is 33.6 Å². The van der Waals surface area contributed by atoms with Crippen molar-refractivity contribution in [3.63, 3.8) is 0 Å². The summed E-state index contributed by atoms with van der Waals surface area (Å²) in [5, 5.41) is 5.84. The van der Waals surface area contributed by atoms with Gasteiger partial charge in [0.1, 0.15) is 0 Å². The molecule has 0 bridgehead atoms. The fourth-order valence-electron chi connectivity index (χ4n) is 2.28. The molecule has 2 amide bonds. The topological polar surface area (TPSA) is 76.7 Å². The second kappa shape index (κ2) is 10.2. The van der Waals surface area contributed by atoms with Gasteiger partial charge in [0.2, 0.25) is 0 Å². The van der Waals surface area contributed by atoms with Gasteiger partial charge in [-0.15, -0.1) is 0 Å². The average molecular weight is 456 g/mol. The first-order valence-electron chi connectivity index (χ1n) is 8.24. The van der Waals surface area contributed by atoms with Crippen molar-refractivity contribution in [1.29, 1.82) is 0 Å². The number of halogens is 2. The minimum atomic E-state index is -0.275. The third-order valence-electron chi connectivity index (χ3n) is 3.59. The molecule has 0 fully saturated rings. The second-order valence-corrected chi connectivity index (χ2v) is 6.86. The zero-order valence-corrected chi connectivity index (χ0v) is 17.3. The summed E-state index contributed by atoms with van der Waals surface area (Å²) in [5.41, 5.74) is 1.22. The van der Waals surface area contributed by atoms with Crippen LogP contribution >= 0.6 is 27.5 Å². The first-order chi connectivity index (χ1) is 12.9. The van der Waals surface area contributed by atoms with E-state index in [1.54, 1.807) is 36.4 Å². The van der Waals surface area contributed by atoms with Gasteiger partial charge in [-0.05, 0) is 42.8 Å². The van der Waals surface area contributed by atoms with Crippen molar-refractivity contribution in [3.05, 3.63) is 57.0 Å². The Balaban J connectivity index is 2.00. The molecule has 0 saturated heterocycles. The summed E-state index contributed by atoms with van der Waals surface area (Å²) >= 11 is 9.40. The predicted octanol–water partition coefficient (Wildman–Crippen LogP) is 3.56. The molecule has 144 valence electrons. The van der Waals surface area contributed by atoms with Gasteiger partial charge in [-0.3, -0.25) is 9.59 Å². The number of benzene rings is 2. The molecule has 2 N–H and O–H groups in total. The van der Waals surface area contributed by atoms with E-state index < -0.39 is 0 Å². The summed E-state index contributed by atoms with van der Waals surface area (Å²) in [7, 11) is 1.51. The average Bonchev–Trinajstić information content (AvgIpc) is 2.65. The minimum absolute atomic E-state index is 0.0949. The van der Waals surface area contributed by atoms with E-state index >= 15 is 0 Å². The molecule has 2 rings (SSSR count). The van der Waals surface area contributed by atoms with Crippen LogP contribution in [0.25, 0.3) is 0 Å². The molecule has 0 unspecified atom stereocenters. The molecule has 0 aromatic heterocycles. The van der Waals surface area contributed by atoms with Gasteiger partial charge in [0, 0.05) is 17.6 Å². The third kappa shape index (κ3) is 6.15. The van der Waals surface area contributed by atoms with Gasteiger partial charge in [0.15, 0.2) is 18.1 Å². The van der Waals surface area contributed by atoms with Crippen LogP contribution in [0.15, 0.2) is 40.9 Å². The molecule has 0 atom stereocenters. The fraction of sp³-hybridized carbons (Fsp3) is 0.263. The van der Waals surface area contributed by atoms with Gasteiger partial charge < -0.3 is 20.1 Å². The number of methoxy groups -OCH3 is 1. The number of nitrogens with one attached hydrogen (secondary N) is 2. The van der Waals surface area contributed by atoms with Crippen LogP contribution in [0.3, 0.4) is 0 Å². The van der Waals surface area contributed by atoms with E-state index in [2.05, 4.69) is 26.6 Å². The molecule has 8 heteroatoms. The number of ether oxygens (including phenoxy) is 2. The molecule has 6 nitrogen and oxygen atoms in total. The van der Waals surface area contributed by atoms with Crippen LogP contribution < -0.4 is 20.1 Å². The molecular formula is C19H20BrClN2O4. The maximum Gasteiger partial charge on any atom is 0.257 e. The summed E-state index contributed by atoms with van der Waals surface area (Å²) in [6.07, 6.45) is 0. The number of carbonyl (C=O) groups is 2. The summed E-state index contributed by atoms with van der Waals surface area (Å²) in [6.45, 7) is 2.57. The highest BCUT2D eigenvalue weighted by molar-refractivity contribution is 9.10. The molecule has 0 radical (unpaired) electrons. The number of carbonyl (C=O) groups excluding carboxylic acids is 2. The van der Waals surface area contributed by atoms with Crippen LogP contribution in [-0.4, -0.2) is 32.1 Å². The maximum absolute atomic E-state index is 12.3. The highest BCUT2D eigenvalue weighted by atomic mass is 79.9. The van der Waals surface area contributed by atoms with E-state index in [-0.39, 0.29) is 25.0 Å². The number of rotatable bonds is 8. The molecule has 0 aliphatic rings. The lowest BCUT2D eigenvalue weighted by molar-refractivity contribution is -0.123. The molecular weight excluding hydrogens is 436 g/mol. The van der Waals surface area contributed by atoms with Gasteiger partial charge in [-0.25, -0.2) is 0 Å². The maximum atomic E-state index is 12.3. The zero-order chi connectivity index (χ0) is 19.8. The molecule has 2 aromatic carbocycles. The number of hydrogen-bond donors (Lipinski definition) is 2. The standard InChI is InChI=1S/C19H20BrClN2O4/c1-3-22-18(24)11-27-16-7-4-12(8-17(16)26-2)10-23-19(25)14-6-5-13(20)9-15(14)21/h4-9H,3,10-11H2,1-2H3,(H,22,24)(H,23,25). The Kier molecular flexibility index (Phi) is 7.94. The van der Waals surface area contributed by atoms with E-state index in [4.69, 9.17) is 21.1 Å². The summed E-state index contributed by atoms with van der Waals surface area (Å²) in [6, 6.07) is 10.3. The quantitative estimate of drug-likeness (QED) is 0.638. The molecule has 0 aliphatic carbocycles. The van der Waals surface area contributed by atoms with Gasteiger partial charge >= 0.3 is 0 Å². The Labute approximate surface area is 171 Å². The second-order valence-electron chi connectivity index (χ2n) is 5.53. The molecule has 0 spiro atoms. The monoisotopic (exact) mass is 454 g/mol. The molecule has 27 heavy (non-hydrogen) atoms. The van der Waals surface area contributed by atoms with E-state index in [0.717, 1.165) is 10.0 Å². The SMILES string of the molecule is CCNC(=O)COc1ccc(CNC(=O)c2ccc(Br)cc2Cl)cc1OC. The van der Waals surface area contributed by atoms with Crippen LogP contribution in [0.5, 0.6) is 11.5 Å². The van der Waals surface area contributed by atoms with E-state index in [1.165, 1.54) is 7.11 Å². The van der Waals surface area contributed by atoms with Crippen LogP contribution in [0.1, 0.15) is 22.8 Å². The number of likely N-dealkylation sites (N-methyl/N-ethyl adjacent to an activating group) is 1. The molecule has 0 heterocycles. The number of hydrogen-bond acceptors (Lipinski definition) is 4. The van der Waals surface area contributed by atoms with Crippen molar-refractivity contribution >= 4 is 39.3 Å². The van der Waals surface area contributed by atoms with E-state index in [9.17, 15) is 9.59 Å². The molecule has 0 saturated carbocycles. The van der Waals surface area contributed by atoms with Crippen LogP contribution in [0.4, 0.5) is 0 Å². The van der Waals surface area contributed by atoms with Crippen molar-refractivity contribution in [3.8, 4) is 11.5 Å². The number of amides is 2. The summed E-state index contributed by atoms with van der Waals surface area (Å²) < 4.78 is 11.6. The molecule has 0 aliphatic heterocycles. The minimum Gasteiger partial charge on any atom is -0.493 e. The zero-order valence-electron chi connectivity index (χ0n) is 15.0. The lowest BCUT2D eigenvalue weighted by atomic mass is 10.1. The molecule has 2 aromatic rings. The highest BCUT2D eigenvalue weighted by Gasteiger charge is 2.12. The third-order valence-corrected chi connectivity index (χ3v) is 4.40. The van der Waals surface area contributed by atoms with Crippen molar-refractivity contribution in [2.24, 2.45) is 0 Å². The van der Waals surface area contributed by atoms with Gasteiger partial charge in [0.05, 0.1) is 17.7 Å². The van der Waals surface area contributed by atoms with Gasteiger partial charge in [0.25, 0.3) is 11.8 Å². The Morgan fingerprint density at radius 2 is 1.89 bits per heavy atom. The van der Waals surface area contributed by atoms with Crippen molar-refractivity contribution in [1.82, 2.24) is 10.6 Å². The Morgan fingerprint density at radius 3 is 2.56 bits per heavy atom. The van der Waals surface area contributed by atoms with Crippen molar-refractivity contribution in [2.45, 2.75) is 13.5 Å². The summed E-state index contributed by atoms with van der Waals surface area (Å²) in [4.78, 5) is 23.8. The van der Waals surface area contributed by atoms with Crippen LogP contribution in [-0.2, 0) is 11.3 Å². The highest BCUT2D eigenvalue weighted by Crippen LogP contribution is 2.28. The van der Waals surface area contributed by atoms with Crippen molar-refractivity contribution in [2.75, 3.05) is 20.3 Å². The van der Waals surface area contributed by atoms with Crippen LogP contribution in [0.2, 0.25) is 5.02 Å². The summed E-state index contributed by atoms with van der Waals surface area (Å²) in [5.74, 6) is 0.452. The Morgan fingerprint density at radius 1 is 1.11 bits per heavy atom. The Hall–Kier alpha value is -2.25. The first-order valence-corrected chi connectivity index (χ1v) is 9.41. The van der Waals surface area contributed by atoms with Gasteiger partial charge in [-0.2, -0.15) is 0 Å². The van der Waals surface area contributed by atoms with E-state index in [1.807, 2.05) is 6.92 Å². The largest absolute Gasteiger partial charge is 0.493 e. The lowest BCUT2D eigenvalue weighted by Gasteiger charge is -2.13. The Bertz CT molecular complexity index is 829. The van der Waals surface area contributed by atoms with E-state index in [0.29, 0.717) is 28.6 Å². The normalized spacial score (nSPS) is 10.2. The first kappa shape index (κ1) is 21.1. The van der Waals surface area contributed by atoms with Crippen molar-refractivity contribution < 1.29 is 19.1 Å².